The van der Waals surface area contributed by atoms with Gasteiger partial charge in [0.1, 0.15) is 5.65 Å². The van der Waals surface area contributed by atoms with Crippen LogP contribution in [-0.2, 0) is 22.8 Å². The van der Waals surface area contributed by atoms with Crippen LogP contribution in [-0.4, -0.2) is 60.3 Å². The number of hydrogen-bond acceptors (Lipinski definition) is 7. The van der Waals surface area contributed by atoms with Gasteiger partial charge >= 0.3 is 0 Å². The fraction of sp³-hybridized carbons (Fsp3) is 0.560. The number of rotatable bonds is 5. The summed E-state index contributed by atoms with van der Waals surface area (Å²) in [6.07, 6.45) is 7.03. The van der Waals surface area contributed by atoms with Gasteiger partial charge in [0.2, 0.25) is 5.95 Å². The van der Waals surface area contributed by atoms with Gasteiger partial charge in [0.25, 0.3) is 5.56 Å². The highest BCUT2D eigenvalue weighted by Crippen LogP contribution is 2.43. The van der Waals surface area contributed by atoms with E-state index in [0.717, 1.165) is 41.9 Å². The lowest BCUT2D eigenvalue weighted by Gasteiger charge is -2.43. The molecule has 3 atom stereocenters. The van der Waals surface area contributed by atoms with Gasteiger partial charge in [-0.3, -0.25) is 9.36 Å². The Kier molecular flexibility index (Phi) is 6.78. The van der Waals surface area contributed by atoms with Crippen molar-refractivity contribution >= 4 is 39.7 Å². The van der Waals surface area contributed by atoms with Crippen LogP contribution < -0.4 is 15.2 Å². The lowest BCUT2D eigenvalue weighted by molar-refractivity contribution is 0.0972. The Labute approximate surface area is 218 Å². The maximum absolute atomic E-state index is 13.3. The van der Waals surface area contributed by atoms with E-state index in [1.165, 1.54) is 11.8 Å². The molecule has 1 spiro atoms. The zero-order chi connectivity index (χ0) is 25.7. The van der Waals surface area contributed by atoms with Crippen LogP contribution in [0.15, 0.2) is 45.3 Å². The number of anilines is 1. The van der Waals surface area contributed by atoms with E-state index in [1.54, 1.807) is 24.0 Å². The molecule has 2 N–H and O–H groups in total. The Morgan fingerprint density at radius 1 is 1.22 bits per heavy atom. The molecule has 0 amide bonds. The van der Waals surface area contributed by atoms with Gasteiger partial charge in [-0.05, 0) is 52.7 Å². The van der Waals surface area contributed by atoms with Crippen LogP contribution in [0.1, 0.15) is 40.5 Å². The number of hydrogen-bond donors (Lipinski definition) is 2. The Balaban J connectivity index is 1.32. The molecule has 9 nitrogen and oxygen atoms in total. The van der Waals surface area contributed by atoms with Crippen LogP contribution in [0.2, 0.25) is 0 Å². The average molecular weight is 531 g/mol. The van der Waals surface area contributed by atoms with Crippen molar-refractivity contribution in [3.05, 3.63) is 41.1 Å². The first kappa shape index (κ1) is 25.4. The van der Waals surface area contributed by atoms with Crippen LogP contribution in [0, 0.1) is 5.41 Å². The monoisotopic (exact) mass is 530 g/mol. The minimum absolute atomic E-state index is 0.00122. The van der Waals surface area contributed by atoms with Crippen LogP contribution in [0.25, 0.3) is 11.0 Å². The molecule has 11 heteroatoms. The molecule has 2 aliphatic rings. The molecule has 3 aromatic heterocycles. The SMILES string of the molecule is C[C@@H]1OCC2(CCN(c3ncc(Sc4ccnc5[nH]ccc45)c(=O)n3C)CC2)[C@@H]1NS(=O)C(C)(C)C. The molecular formula is C25H34N6O3S2. The Bertz CT molecular complexity index is 1340. The van der Waals surface area contributed by atoms with Gasteiger partial charge in [0.05, 0.1) is 45.6 Å². The van der Waals surface area contributed by atoms with E-state index in [-0.39, 0.29) is 27.9 Å². The summed E-state index contributed by atoms with van der Waals surface area (Å²) in [6, 6.07) is 3.91. The number of fused-ring (bicyclic) bond motifs is 1. The van der Waals surface area contributed by atoms with E-state index in [1.807, 2.05) is 39.1 Å². The minimum atomic E-state index is -1.16. The molecule has 0 saturated carbocycles. The predicted octanol–water partition coefficient (Wildman–Crippen LogP) is 3.23. The van der Waals surface area contributed by atoms with Crippen LogP contribution >= 0.6 is 11.8 Å². The van der Waals surface area contributed by atoms with Crippen molar-refractivity contribution in [1.82, 2.24) is 24.2 Å². The number of aromatic nitrogens is 4. The summed E-state index contributed by atoms with van der Waals surface area (Å²) in [5, 5.41) is 0.985. The smallest absolute Gasteiger partial charge is 0.268 e. The summed E-state index contributed by atoms with van der Waals surface area (Å²) in [4.78, 5) is 29.1. The maximum Gasteiger partial charge on any atom is 0.268 e. The molecule has 3 aromatic rings. The predicted molar refractivity (Wildman–Crippen MR) is 144 cm³/mol. The summed E-state index contributed by atoms with van der Waals surface area (Å²) in [6.45, 7) is 10.2. The number of nitrogens with one attached hydrogen (secondary N) is 2. The Morgan fingerprint density at radius 2 is 1.97 bits per heavy atom. The van der Waals surface area contributed by atoms with Gasteiger partial charge in [-0.2, -0.15) is 0 Å². The molecule has 1 unspecified atom stereocenters. The van der Waals surface area contributed by atoms with Crippen molar-refractivity contribution in [2.45, 2.75) is 67.2 Å². The third-order valence-electron chi connectivity index (χ3n) is 7.35. The van der Waals surface area contributed by atoms with E-state index in [0.29, 0.717) is 17.5 Å². The zero-order valence-electron chi connectivity index (χ0n) is 21.4. The quantitative estimate of drug-likeness (QED) is 0.522. The van der Waals surface area contributed by atoms with Crippen LogP contribution in [0.4, 0.5) is 5.95 Å². The first-order valence-electron chi connectivity index (χ1n) is 12.3. The molecule has 2 aliphatic heterocycles. The fourth-order valence-corrected chi connectivity index (χ4v) is 7.12. The summed E-state index contributed by atoms with van der Waals surface area (Å²) in [5.74, 6) is 0.676. The topological polar surface area (TPSA) is 105 Å². The van der Waals surface area contributed by atoms with Gasteiger partial charge in [-0.15, -0.1) is 0 Å². The molecule has 2 saturated heterocycles. The molecular weight excluding hydrogens is 496 g/mol. The number of H-pyrrole nitrogens is 1. The Hall–Kier alpha value is -2.21. The third kappa shape index (κ3) is 4.62. The zero-order valence-corrected chi connectivity index (χ0v) is 23.0. The standard InChI is InChI=1S/C25H34N6O3S2/c1-16-20(29-36(33)24(2,3)4)25(15-34-16)8-12-31(13-9-25)23-28-14-19(22(32)30(23)5)35-18-7-11-27-21-17(18)6-10-26-21/h6-7,10-11,14,16,20,29H,8-9,12-13,15H2,1-5H3,(H,26,27)/t16-,20+,36?/m0/s1. The molecule has 0 bridgehead atoms. The minimum Gasteiger partial charge on any atom is -0.376 e. The van der Waals surface area contributed by atoms with E-state index >= 15 is 0 Å². The van der Waals surface area contributed by atoms with Crippen molar-refractivity contribution in [2.75, 3.05) is 24.6 Å². The number of nitrogens with zero attached hydrogens (tertiary/aromatic N) is 4. The fourth-order valence-electron chi connectivity index (χ4n) is 5.12. The molecule has 5 heterocycles. The first-order valence-corrected chi connectivity index (χ1v) is 14.3. The van der Waals surface area contributed by atoms with Crippen LogP contribution in [0.5, 0.6) is 0 Å². The normalized spacial score (nSPS) is 23.0. The summed E-state index contributed by atoms with van der Waals surface area (Å²) < 4.78 is 23.6. The number of aromatic amines is 1. The second kappa shape index (κ2) is 9.59. The van der Waals surface area contributed by atoms with Crippen molar-refractivity contribution in [2.24, 2.45) is 12.5 Å². The second-order valence-electron chi connectivity index (χ2n) is 10.8. The molecule has 0 aromatic carbocycles. The van der Waals surface area contributed by atoms with Crippen molar-refractivity contribution in [1.29, 1.82) is 0 Å². The summed E-state index contributed by atoms with van der Waals surface area (Å²) in [5.41, 5.74) is 0.658. The first-order chi connectivity index (χ1) is 17.1. The van der Waals surface area contributed by atoms with Crippen LogP contribution in [0.3, 0.4) is 0 Å². The third-order valence-corrected chi connectivity index (χ3v) is 10.0. The number of ether oxygens (including phenoxy) is 1. The van der Waals surface area contributed by atoms with E-state index < -0.39 is 11.0 Å². The molecule has 36 heavy (non-hydrogen) atoms. The van der Waals surface area contributed by atoms with Crippen molar-refractivity contribution in [3.8, 4) is 0 Å². The molecule has 2 fully saturated rings. The lowest BCUT2D eigenvalue weighted by Crippen LogP contribution is -2.55. The van der Waals surface area contributed by atoms with Gasteiger partial charge in [0, 0.05) is 48.2 Å². The Morgan fingerprint density at radius 3 is 2.69 bits per heavy atom. The number of pyridine rings is 1. The second-order valence-corrected chi connectivity index (χ2v) is 13.9. The van der Waals surface area contributed by atoms with E-state index in [2.05, 4.69) is 26.5 Å². The van der Waals surface area contributed by atoms with Gasteiger partial charge in [-0.25, -0.2) is 18.9 Å². The highest BCUT2D eigenvalue weighted by Gasteiger charge is 2.50. The van der Waals surface area contributed by atoms with Crippen molar-refractivity contribution < 1.29 is 8.95 Å². The molecule has 5 rings (SSSR count). The van der Waals surface area contributed by atoms with E-state index in [4.69, 9.17) is 9.72 Å². The highest BCUT2D eigenvalue weighted by atomic mass is 32.2. The highest BCUT2D eigenvalue weighted by molar-refractivity contribution is 7.99. The number of piperidine rings is 1. The summed E-state index contributed by atoms with van der Waals surface area (Å²) in [7, 11) is 0.624. The molecule has 0 aliphatic carbocycles. The van der Waals surface area contributed by atoms with Crippen molar-refractivity contribution in [3.63, 3.8) is 0 Å². The van der Waals surface area contributed by atoms with Gasteiger partial charge in [0.15, 0.2) is 0 Å². The van der Waals surface area contributed by atoms with E-state index in [9.17, 15) is 9.00 Å². The maximum atomic E-state index is 13.3. The molecule has 194 valence electrons. The molecule has 0 radical (unpaired) electrons. The average Bonchev–Trinajstić information content (AvgIpc) is 3.44. The van der Waals surface area contributed by atoms with Gasteiger partial charge in [-0.1, -0.05) is 11.8 Å². The largest absolute Gasteiger partial charge is 0.376 e. The summed E-state index contributed by atoms with van der Waals surface area (Å²) >= 11 is 1.41. The van der Waals surface area contributed by atoms with Gasteiger partial charge < -0.3 is 14.6 Å². The lowest BCUT2D eigenvalue weighted by atomic mass is 9.73.